The minimum atomic E-state index is -0.962. The number of aromatic amines is 1. The van der Waals surface area contributed by atoms with Crippen LogP contribution in [0, 0.1) is 6.92 Å². The maximum atomic E-state index is 11.0. The summed E-state index contributed by atoms with van der Waals surface area (Å²) in [5.74, 6) is -0.962. The molecule has 0 atom stereocenters. The first-order valence-corrected chi connectivity index (χ1v) is 6.81. The Balaban J connectivity index is 1.99. The molecule has 7 nitrogen and oxygen atoms in total. The number of aromatic carboxylic acids is 1. The van der Waals surface area contributed by atoms with Crippen LogP contribution in [0.2, 0.25) is 0 Å². The van der Waals surface area contributed by atoms with Crippen molar-refractivity contribution in [3.8, 4) is 0 Å². The molecule has 0 aliphatic carbocycles. The van der Waals surface area contributed by atoms with Crippen LogP contribution in [-0.4, -0.2) is 36.0 Å². The zero-order valence-corrected chi connectivity index (χ0v) is 11.2. The number of aryl methyl sites for hydroxylation is 1. The van der Waals surface area contributed by atoms with Gasteiger partial charge < -0.3 is 10.1 Å². The van der Waals surface area contributed by atoms with Crippen LogP contribution in [0.1, 0.15) is 15.4 Å². The molecule has 0 bridgehead atoms. The van der Waals surface area contributed by atoms with Crippen molar-refractivity contribution in [3.05, 3.63) is 23.2 Å². The predicted molar refractivity (Wildman–Crippen MR) is 69.6 cm³/mol. The van der Waals surface area contributed by atoms with Crippen LogP contribution in [0.3, 0.4) is 0 Å². The molecule has 9 heteroatoms. The molecule has 2 N–H and O–H groups in total. The van der Waals surface area contributed by atoms with E-state index in [9.17, 15) is 4.79 Å². The first kappa shape index (κ1) is 12.1. The average molecular weight is 293 g/mol. The first-order chi connectivity index (χ1) is 9.15. The van der Waals surface area contributed by atoms with Gasteiger partial charge in [0.05, 0.1) is 12.0 Å². The summed E-state index contributed by atoms with van der Waals surface area (Å²) in [5, 5.41) is 9.68. The van der Waals surface area contributed by atoms with E-state index in [-0.39, 0.29) is 4.88 Å². The highest BCUT2D eigenvalue weighted by Gasteiger charge is 2.16. The lowest BCUT2D eigenvalue weighted by Gasteiger charge is -1.96. The molecule has 3 aromatic heterocycles. The van der Waals surface area contributed by atoms with Gasteiger partial charge >= 0.3 is 5.97 Å². The number of fused-ring (bicyclic) bond motifs is 1. The van der Waals surface area contributed by atoms with Crippen molar-refractivity contribution in [3.63, 3.8) is 0 Å². The fourth-order valence-corrected chi connectivity index (χ4v) is 3.51. The number of hydrogen-bond acceptors (Lipinski definition) is 7. The highest BCUT2D eigenvalue weighted by molar-refractivity contribution is 8.01. The summed E-state index contributed by atoms with van der Waals surface area (Å²) < 4.78 is 0.629. The lowest BCUT2D eigenvalue weighted by Crippen LogP contribution is -1.94. The number of carbonyl (C=O) groups is 1. The van der Waals surface area contributed by atoms with Gasteiger partial charge in [0.25, 0.3) is 0 Å². The van der Waals surface area contributed by atoms with Gasteiger partial charge in [0.2, 0.25) is 0 Å². The van der Waals surface area contributed by atoms with Crippen molar-refractivity contribution in [1.29, 1.82) is 0 Å². The smallest absolute Gasteiger partial charge is 0.347 e. The van der Waals surface area contributed by atoms with Crippen LogP contribution in [0.5, 0.6) is 0 Å². The first-order valence-electron chi connectivity index (χ1n) is 5.18. The summed E-state index contributed by atoms with van der Waals surface area (Å²) in [6.07, 6.45) is 2.96. The van der Waals surface area contributed by atoms with Crippen molar-refractivity contribution in [2.75, 3.05) is 0 Å². The molecule has 0 amide bonds. The monoisotopic (exact) mass is 293 g/mol. The predicted octanol–water partition coefficient (Wildman–Crippen LogP) is 1.97. The topological polar surface area (TPSA) is 105 Å². The van der Waals surface area contributed by atoms with E-state index < -0.39 is 5.97 Å². The highest BCUT2D eigenvalue weighted by Crippen LogP contribution is 2.33. The van der Waals surface area contributed by atoms with Gasteiger partial charge in [0.1, 0.15) is 21.7 Å². The molecule has 0 unspecified atom stereocenters. The molecule has 3 aromatic rings. The molecule has 3 rings (SSSR count). The third kappa shape index (κ3) is 2.17. The highest BCUT2D eigenvalue weighted by atomic mass is 32.2. The number of thiazole rings is 1. The van der Waals surface area contributed by atoms with Crippen molar-refractivity contribution < 1.29 is 9.90 Å². The Hall–Kier alpha value is -2.00. The number of hydrogen-bond donors (Lipinski definition) is 2. The Morgan fingerprint density at radius 2 is 2.26 bits per heavy atom. The van der Waals surface area contributed by atoms with Gasteiger partial charge in [-0.2, -0.15) is 0 Å². The van der Waals surface area contributed by atoms with E-state index in [2.05, 4.69) is 24.9 Å². The average Bonchev–Trinajstić information content (AvgIpc) is 2.96. The second-order valence-corrected chi connectivity index (χ2v) is 5.82. The van der Waals surface area contributed by atoms with E-state index in [4.69, 9.17) is 5.11 Å². The number of imidazole rings is 1. The summed E-state index contributed by atoms with van der Waals surface area (Å²) in [4.78, 5) is 30.6. The lowest BCUT2D eigenvalue weighted by atomic mass is 10.4. The van der Waals surface area contributed by atoms with E-state index in [1.54, 1.807) is 13.3 Å². The second kappa shape index (κ2) is 4.59. The van der Waals surface area contributed by atoms with Gasteiger partial charge in [-0.1, -0.05) is 11.3 Å². The van der Waals surface area contributed by atoms with E-state index in [0.29, 0.717) is 20.7 Å². The van der Waals surface area contributed by atoms with Crippen LogP contribution in [0.25, 0.3) is 11.2 Å². The molecule has 19 heavy (non-hydrogen) atoms. The van der Waals surface area contributed by atoms with Gasteiger partial charge in [0, 0.05) is 0 Å². The Morgan fingerprint density at radius 3 is 3.00 bits per heavy atom. The van der Waals surface area contributed by atoms with E-state index in [1.807, 2.05) is 0 Å². The van der Waals surface area contributed by atoms with Crippen molar-refractivity contribution in [2.45, 2.75) is 16.3 Å². The Morgan fingerprint density at radius 1 is 1.42 bits per heavy atom. The maximum absolute atomic E-state index is 11.0. The molecule has 0 saturated carbocycles. The van der Waals surface area contributed by atoms with Gasteiger partial charge in [-0.05, 0) is 18.7 Å². The Labute approximate surface area is 115 Å². The van der Waals surface area contributed by atoms with Gasteiger partial charge in [0.15, 0.2) is 9.99 Å². The minimum Gasteiger partial charge on any atom is -0.477 e. The maximum Gasteiger partial charge on any atom is 0.347 e. The van der Waals surface area contributed by atoms with E-state index in [0.717, 1.165) is 16.9 Å². The molecule has 0 fully saturated rings. The standard InChI is InChI=1S/C10H7N5O2S2/c1-4-6(9(16)17)18-10(15-4)19-8-5-7(12-2-11-5)13-3-14-8/h2-3H,1H3,(H,16,17)(H,11,12,13,14). The fourth-order valence-electron chi connectivity index (χ4n) is 1.52. The molecule has 0 spiro atoms. The van der Waals surface area contributed by atoms with Crippen LogP contribution < -0.4 is 0 Å². The van der Waals surface area contributed by atoms with Gasteiger partial charge in [-0.25, -0.2) is 24.7 Å². The van der Waals surface area contributed by atoms with Crippen LogP contribution in [0.4, 0.5) is 0 Å². The number of rotatable bonds is 3. The molecule has 3 heterocycles. The number of H-pyrrole nitrogens is 1. The number of carboxylic acid groups (broad SMARTS) is 1. The zero-order valence-electron chi connectivity index (χ0n) is 9.62. The largest absolute Gasteiger partial charge is 0.477 e. The summed E-state index contributed by atoms with van der Waals surface area (Å²) in [6, 6.07) is 0. The summed E-state index contributed by atoms with van der Waals surface area (Å²) >= 11 is 2.43. The van der Waals surface area contributed by atoms with Crippen molar-refractivity contribution in [2.24, 2.45) is 0 Å². The second-order valence-electron chi connectivity index (χ2n) is 3.58. The van der Waals surface area contributed by atoms with Crippen LogP contribution in [-0.2, 0) is 0 Å². The van der Waals surface area contributed by atoms with Gasteiger partial charge in [-0.15, -0.1) is 0 Å². The van der Waals surface area contributed by atoms with E-state index >= 15 is 0 Å². The van der Waals surface area contributed by atoms with Crippen LogP contribution in [0.15, 0.2) is 22.0 Å². The molecule has 0 aromatic carbocycles. The van der Waals surface area contributed by atoms with Crippen molar-refractivity contribution in [1.82, 2.24) is 24.9 Å². The zero-order chi connectivity index (χ0) is 13.4. The lowest BCUT2D eigenvalue weighted by molar-refractivity contribution is 0.0701. The van der Waals surface area contributed by atoms with Crippen molar-refractivity contribution >= 4 is 40.2 Å². The fraction of sp³-hybridized carbons (Fsp3) is 0.100. The molecular formula is C10H7N5O2S2. The molecule has 0 aliphatic heterocycles. The van der Waals surface area contributed by atoms with Crippen LogP contribution >= 0.6 is 23.1 Å². The quantitative estimate of drug-likeness (QED) is 0.711. The normalized spacial score (nSPS) is 11.0. The Bertz CT molecular complexity index is 766. The molecule has 0 saturated heterocycles. The molecule has 96 valence electrons. The Kier molecular flexibility index (Phi) is 2.91. The summed E-state index contributed by atoms with van der Waals surface area (Å²) in [6.45, 7) is 1.68. The molecule has 0 radical (unpaired) electrons. The number of carboxylic acids is 1. The third-order valence-electron chi connectivity index (χ3n) is 2.34. The minimum absolute atomic E-state index is 0.248. The van der Waals surface area contributed by atoms with Gasteiger partial charge in [-0.3, -0.25) is 0 Å². The molecular weight excluding hydrogens is 286 g/mol. The number of aromatic nitrogens is 5. The third-order valence-corrected chi connectivity index (χ3v) is 4.55. The molecule has 0 aliphatic rings. The van der Waals surface area contributed by atoms with E-state index in [1.165, 1.54) is 18.1 Å². The summed E-state index contributed by atoms with van der Waals surface area (Å²) in [5.41, 5.74) is 1.80. The summed E-state index contributed by atoms with van der Waals surface area (Å²) in [7, 11) is 0. The number of nitrogens with one attached hydrogen (secondary N) is 1. The SMILES string of the molecule is Cc1nc(Sc2ncnc3nc[nH]c23)sc1C(=O)O. The number of nitrogens with zero attached hydrogens (tertiary/aromatic N) is 4.